The van der Waals surface area contributed by atoms with E-state index in [1.165, 1.54) is 24.9 Å². The Balaban J connectivity index is 1.92. The summed E-state index contributed by atoms with van der Waals surface area (Å²) < 4.78 is 0. The van der Waals surface area contributed by atoms with E-state index >= 15 is 0 Å². The molecule has 1 aliphatic heterocycles. The fourth-order valence-corrected chi connectivity index (χ4v) is 2.58. The van der Waals surface area contributed by atoms with Gasteiger partial charge in [-0.25, -0.2) is 0 Å². The van der Waals surface area contributed by atoms with E-state index in [4.69, 9.17) is 5.73 Å². The lowest BCUT2D eigenvalue weighted by atomic mass is 10.1. The SMILES string of the molecule is CCC[C@H](N)C(=O)Nc1ccc(N2CCCCC2)cc1. The van der Waals surface area contributed by atoms with Gasteiger partial charge in [0.1, 0.15) is 0 Å². The molecule has 0 aliphatic carbocycles. The van der Waals surface area contributed by atoms with Gasteiger partial charge in [-0.3, -0.25) is 4.79 Å². The summed E-state index contributed by atoms with van der Waals surface area (Å²) in [5.41, 5.74) is 7.86. The summed E-state index contributed by atoms with van der Waals surface area (Å²) in [4.78, 5) is 14.2. The number of nitrogens with one attached hydrogen (secondary N) is 1. The molecular weight excluding hydrogens is 250 g/mol. The van der Waals surface area contributed by atoms with Crippen LogP contribution in [0.3, 0.4) is 0 Å². The average Bonchev–Trinajstić information content (AvgIpc) is 2.49. The number of piperidine rings is 1. The summed E-state index contributed by atoms with van der Waals surface area (Å²) in [5, 5.41) is 2.87. The van der Waals surface area contributed by atoms with Gasteiger partial charge in [-0.15, -0.1) is 0 Å². The molecule has 1 aliphatic rings. The third-order valence-corrected chi connectivity index (χ3v) is 3.79. The predicted octanol–water partition coefficient (Wildman–Crippen LogP) is 2.74. The molecule has 2 rings (SSSR count). The van der Waals surface area contributed by atoms with Gasteiger partial charge in [-0.2, -0.15) is 0 Å². The smallest absolute Gasteiger partial charge is 0.241 e. The number of carbonyl (C=O) groups is 1. The van der Waals surface area contributed by atoms with E-state index in [2.05, 4.69) is 22.3 Å². The number of rotatable bonds is 5. The number of anilines is 2. The second kappa shape index (κ2) is 7.29. The lowest BCUT2D eigenvalue weighted by Crippen LogP contribution is -2.35. The first-order valence-corrected chi connectivity index (χ1v) is 7.62. The largest absolute Gasteiger partial charge is 0.372 e. The highest BCUT2D eigenvalue weighted by Crippen LogP contribution is 2.21. The first-order chi connectivity index (χ1) is 9.70. The van der Waals surface area contributed by atoms with Crippen molar-refractivity contribution in [3.05, 3.63) is 24.3 Å². The van der Waals surface area contributed by atoms with Crippen molar-refractivity contribution in [3.8, 4) is 0 Å². The molecule has 0 bridgehead atoms. The minimum Gasteiger partial charge on any atom is -0.372 e. The van der Waals surface area contributed by atoms with E-state index in [0.717, 1.165) is 31.6 Å². The Hall–Kier alpha value is -1.55. The van der Waals surface area contributed by atoms with E-state index in [0.29, 0.717) is 0 Å². The molecule has 0 saturated carbocycles. The van der Waals surface area contributed by atoms with Gasteiger partial charge in [0, 0.05) is 24.5 Å². The molecule has 1 aromatic carbocycles. The molecule has 1 saturated heterocycles. The Kier molecular flexibility index (Phi) is 5.41. The Labute approximate surface area is 121 Å². The zero-order valence-electron chi connectivity index (χ0n) is 12.3. The van der Waals surface area contributed by atoms with Crippen LogP contribution in [-0.2, 0) is 4.79 Å². The number of amides is 1. The van der Waals surface area contributed by atoms with Crippen LogP contribution in [0.5, 0.6) is 0 Å². The van der Waals surface area contributed by atoms with Crippen molar-refractivity contribution in [2.24, 2.45) is 5.73 Å². The van der Waals surface area contributed by atoms with Crippen LogP contribution in [0.2, 0.25) is 0 Å². The highest BCUT2D eigenvalue weighted by molar-refractivity contribution is 5.94. The van der Waals surface area contributed by atoms with Crippen LogP contribution in [0, 0.1) is 0 Å². The van der Waals surface area contributed by atoms with E-state index < -0.39 is 6.04 Å². The summed E-state index contributed by atoms with van der Waals surface area (Å²) >= 11 is 0. The highest BCUT2D eigenvalue weighted by atomic mass is 16.2. The Morgan fingerprint density at radius 3 is 2.50 bits per heavy atom. The molecule has 0 radical (unpaired) electrons. The molecule has 0 spiro atoms. The van der Waals surface area contributed by atoms with Crippen LogP contribution in [-0.4, -0.2) is 25.0 Å². The summed E-state index contributed by atoms with van der Waals surface area (Å²) in [6.45, 7) is 4.29. The number of carbonyl (C=O) groups excluding carboxylic acids is 1. The van der Waals surface area contributed by atoms with Crippen LogP contribution in [0.1, 0.15) is 39.0 Å². The van der Waals surface area contributed by atoms with Gasteiger partial charge in [0.2, 0.25) is 5.91 Å². The normalized spacial score (nSPS) is 16.8. The van der Waals surface area contributed by atoms with Crippen molar-refractivity contribution in [1.29, 1.82) is 0 Å². The van der Waals surface area contributed by atoms with Crippen LogP contribution in [0.4, 0.5) is 11.4 Å². The fourth-order valence-electron chi connectivity index (χ4n) is 2.58. The topological polar surface area (TPSA) is 58.4 Å². The van der Waals surface area contributed by atoms with Gasteiger partial charge in [0.05, 0.1) is 6.04 Å². The molecule has 3 N–H and O–H groups in total. The van der Waals surface area contributed by atoms with Gasteiger partial charge in [-0.1, -0.05) is 13.3 Å². The minimum atomic E-state index is -0.415. The van der Waals surface area contributed by atoms with E-state index in [1.807, 2.05) is 19.1 Å². The summed E-state index contributed by atoms with van der Waals surface area (Å²) in [5.74, 6) is -0.0995. The van der Waals surface area contributed by atoms with Crippen molar-refractivity contribution < 1.29 is 4.79 Å². The molecular formula is C16H25N3O. The predicted molar refractivity (Wildman–Crippen MR) is 84.0 cm³/mol. The maximum Gasteiger partial charge on any atom is 0.241 e. The number of hydrogen-bond acceptors (Lipinski definition) is 3. The van der Waals surface area contributed by atoms with E-state index in [9.17, 15) is 4.79 Å². The zero-order chi connectivity index (χ0) is 14.4. The number of nitrogens with two attached hydrogens (primary N) is 1. The summed E-state index contributed by atoms with van der Waals surface area (Å²) in [6.07, 6.45) is 5.51. The molecule has 20 heavy (non-hydrogen) atoms. The average molecular weight is 275 g/mol. The molecule has 1 aromatic rings. The monoisotopic (exact) mass is 275 g/mol. The minimum absolute atomic E-state index is 0.0995. The maximum absolute atomic E-state index is 11.8. The van der Waals surface area contributed by atoms with Crippen molar-refractivity contribution >= 4 is 17.3 Å². The molecule has 1 heterocycles. The molecule has 1 atom stereocenters. The van der Waals surface area contributed by atoms with Crippen LogP contribution in [0.25, 0.3) is 0 Å². The number of benzene rings is 1. The third kappa shape index (κ3) is 3.97. The van der Waals surface area contributed by atoms with Crippen molar-refractivity contribution in [1.82, 2.24) is 0 Å². The zero-order valence-corrected chi connectivity index (χ0v) is 12.3. The van der Waals surface area contributed by atoms with Gasteiger partial charge in [0.15, 0.2) is 0 Å². The van der Waals surface area contributed by atoms with E-state index in [-0.39, 0.29) is 5.91 Å². The van der Waals surface area contributed by atoms with Crippen molar-refractivity contribution in [3.63, 3.8) is 0 Å². The van der Waals surface area contributed by atoms with Gasteiger partial charge >= 0.3 is 0 Å². The number of hydrogen-bond donors (Lipinski definition) is 2. The van der Waals surface area contributed by atoms with Gasteiger partial charge < -0.3 is 16.0 Å². The van der Waals surface area contributed by atoms with Crippen molar-refractivity contribution in [2.75, 3.05) is 23.3 Å². The molecule has 1 amide bonds. The summed E-state index contributed by atoms with van der Waals surface area (Å²) in [7, 11) is 0. The number of nitrogens with zero attached hydrogens (tertiary/aromatic N) is 1. The molecule has 110 valence electrons. The second-order valence-electron chi connectivity index (χ2n) is 5.48. The lowest BCUT2D eigenvalue weighted by Gasteiger charge is -2.28. The van der Waals surface area contributed by atoms with Crippen molar-refractivity contribution in [2.45, 2.75) is 45.1 Å². The standard InChI is InChI=1S/C16H25N3O/c1-2-6-15(17)16(20)18-13-7-9-14(10-8-13)19-11-4-3-5-12-19/h7-10,15H,2-6,11-12,17H2,1H3,(H,18,20)/t15-/m0/s1. The first-order valence-electron chi connectivity index (χ1n) is 7.62. The Morgan fingerprint density at radius 2 is 1.90 bits per heavy atom. The Bertz CT molecular complexity index is 424. The van der Waals surface area contributed by atoms with Crippen LogP contribution < -0.4 is 16.0 Å². The van der Waals surface area contributed by atoms with Gasteiger partial charge in [-0.05, 0) is 49.9 Å². The molecule has 0 unspecified atom stereocenters. The third-order valence-electron chi connectivity index (χ3n) is 3.79. The molecule has 4 heteroatoms. The highest BCUT2D eigenvalue weighted by Gasteiger charge is 2.13. The molecule has 1 fully saturated rings. The molecule has 0 aromatic heterocycles. The first kappa shape index (κ1) is 14.9. The summed E-state index contributed by atoms with van der Waals surface area (Å²) in [6, 6.07) is 7.65. The quantitative estimate of drug-likeness (QED) is 0.868. The van der Waals surface area contributed by atoms with Crippen LogP contribution in [0.15, 0.2) is 24.3 Å². The fraction of sp³-hybridized carbons (Fsp3) is 0.562. The lowest BCUT2D eigenvalue weighted by molar-refractivity contribution is -0.117. The molecule has 4 nitrogen and oxygen atoms in total. The van der Waals surface area contributed by atoms with E-state index in [1.54, 1.807) is 0 Å². The van der Waals surface area contributed by atoms with Gasteiger partial charge in [0.25, 0.3) is 0 Å². The second-order valence-corrected chi connectivity index (χ2v) is 5.48. The van der Waals surface area contributed by atoms with Crippen LogP contribution >= 0.6 is 0 Å². The maximum atomic E-state index is 11.8. The Morgan fingerprint density at radius 1 is 1.25 bits per heavy atom.